The summed E-state index contributed by atoms with van der Waals surface area (Å²) in [4.78, 5) is 2.39. The van der Waals surface area contributed by atoms with E-state index in [2.05, 4.69) is 108 Å². The van der Waals surface area contributed by atoms with E-state index in [0.29, 0.717) is 0 Å². The van der Waals surface area contributed by atoms with E-state index in [1.54, 1.807) is 0 Å². The molecule has 3 unspecified atom stereocenters. The van der Waals surface area contributed by atoms with E-state index in [1.165, 1.54) is 62.8 Å². The van der Waals surface area contributed by atoms with Gasteiger partial charge in [-0.15, -0.1) is 11.3 Å². The molecule has 40 heavy (non-hydrogen) atoms. The van der Waals surface area contributed by atoms with Gasteiger partial charge in [-0.1, -0.05) is 55.0 Å². The van der Waals surface area contributed by atoms with E-state index >= 15 is 0 Å². The van der Waals surface area contributed by atoms with Crippen molar-refractivity contribution in [1.29, 1.82) is 0 Å². The number of rotatable bonds is 4. The summed E-state index contributed by atoms with van der Waals surface area (Å²) in [6, 6.07) is 40.1. The zero-order chi connectivity index (χ0) is 26.2. The number of furan rings is 1. The smallest absolute Gasteiger partial charge is 0.137 e. The molecular formula is C37H29NOS. The summed E-state index contributed by atoms with van der Waals surface area (Å²) < 4.78 is 8.98. The number of benzene rings is 5. The first kappa shape index (κ1) is 22.7. The average Bonchev–Trinajstić information content (AvgIpc) is 3.79. The van der Waals surface area contributed by atoms with Crippen LogP contribution < -0.4 is 4.90 Å². The van der Waals surface area contributed by atoms with Crippen molar-refractivity contribution >= 4 is 70.5 Å². The van der Waals surface area contributed by atoms with Gasteiger partial charge < -0.3 is 9.32 Å². The van der Waals surface area contributed by atoms with Gasteiger partial charge in [-0.3, -0.25) is 0 Å². The standard InChI is InChI=1S/C37H29NOS/c1-3-7-34-29(5-1)30-17-15-28(22-35(30)39-34)38(26-13-11-24(12-14-26)32-20-23-9-10-25(32)19-23)27-16-18-37-33(21-27)31-6-2-4-8-36(31)40-37/h1-8,11-18,21-23,25,32H,9-10,19-20H2. The van der Waals surface area contributed by atoms with Crippen molar-refractivity contribution in [1.82, 2.24) is 0 Å². The summed E-state index contributed by atoms with van der Waals surface area (Å²) in [5, 5.41) is 4.96. The van der Waals surface area contributed by atoms with Crippen LogP contribution in [0.25, 0.3) is 42.1 Å². The van der Waals surface area contributed by atoms with Crippen LogP contribution in [0.3, 0.4) is 0 Å². The summed E-state index contributed by atoms with van der Waals surface area (Å²) in [7, 11) is 0. The van der Waals surface area contributed by atoms with Gasteiger partial charge in [-0.2, -0.15) is 0 Å². The Balaban J connectivity index is 1.20. The molecule has 2 aliphatic rings. The van der Waals surface area contributed by atoms with Crippen molar-refractivity contribution in [2.24, 2.45) is 11.8 Å². The van der Waals surface area contributed by atoms with E-state index in [-0.39, 0.29) is 0 Å². The third-order valence-corrected chi connectivity index (χ3v) is 10.7. The van der Waals surface area contributed by atoms with Gasteiger partial charge in [-0.05, 0) is 97.2 Å². The maximum atomic E-state index is 6.32. The number of hydrogen-bond donors (Lipinski definition) is 0. The van der Waals surface area contributed by atoms with Crippen molar-refractivity contribution in [3.63, 3.8) is 0 Å². The molecule has 2 saturated carbocycles. The second kappa shape index (κ2) is 8.71. The van der Waals surface area contributed by atoms with Crippen molar-refractivity contribution in [3.05, 3.63) is 115 Å². The highest BCUT2D eigenvalue weighted by molar-refractivity contribution is 7.25. The number of anilines is 3. The lowest BCUT2D eigenvalue weighted by Crippen LogP contribution is -2.11. The predicted molar refractivity (Wildman–Crippen MR) is 169 cm³/mol. The molecule has 0 N–H and O–H groups in total. The minimum atomic E-state index is 0.738. The van der Waals surface area contributed by atoms with Gasteiger partial charge in [0.1, 0.15) is 11.2 Å². The SMILES string of the molecule is c1ccc2c(c1)oc1cc(N(c3ccc(C4CC5CCC4C5)cc3)c3ccc4sc5ccccc5c4c3)ccc12. The molecule has 5 aromatic carbocycles. The molecule has 2 bridgehead atoms. The highest BCUT2D eigenvalue weighted by atomic mass is 32.1. The van der Waals surface area contributed by atoms with Crippen LogP contribution in [0.1, 0.15) is 37.2 Å². The Bertz CT molecular complexity index is 2050. The fourth-order valence-electron chi connectivity index (χ4n) is 7.68. The van der Waals surface area contributed by atoms with Crippen LogP contribution in [0.15, 0.2) is 114 Å². The molecule has 2 fully saturated rings. The highest BCUT2D eigenvalue weighted by Crippen LogP contribution is 2.53. The van der Waals surface area contributed by atoms with E-state index in [4.69, 9.17) is 4.42 Å². The van der Waals surface area contributed by atoms with Crippen molar-refractivity contribution in [3.8, 4) is 0 Å². The third kappa shape index (κ3) is 3.47. The highest BCUT2D eigenvalue weighted by Gasteiger charge is 2.40. The summed E-state index contributed by atoms with van der Waals surface area (Å²) >= 11 is 1.87. The number of para-hydroxylation sites is 1. The van der Waals surface area contributed by atoms with Crippen LogP contribution in [0.4, 0.5) is 17.1 Å². The number of fused-ring (bicyclic) bond motifs is 8. The normalized spacial score (nSPS) is 20.4. The molecule has 194 valence electrons. The molecule has 2 aliphatic carbocycles. The molecule has 2 heterocycles. The fourth-order valence-corrected chi connectivity index (χ4v) is 8.76. The molecule has 0 saturated heterocycles. The summed E-state index contributed by atoms with van der Waals surface area (Å²) in [6.45, 7) is 0. The van der Waals surface area contributed by atoms with Gasteiger partial charge in [0.15, 0.2) is 0 Å². The van der Waals surface area contributed by atoms with Gasteiger partial charge in [0, 0.05) is 54.1 Å². The molecule has 0 spiro atoms. The lowest BCUT2D eigenvalue weighted by Gasteiger charge is -2.27. The molecule has 9 rings (SSSR count). The number of thiophene rings is 1. The van der Waals surface area contributed by atoms with E-state index in [0.717, 1.165) is 45.4 Å². The Morgan fingerprint density at radius 3 is 2.15 bits per heavy atom. The van der Waals surface area contributed by atoms with Gasteiger partial charge in [0.05, 0.1) is 0 Å². The predicted octanol–water partition coefficient (Wildman–Crippen LogP) is 11.3. The summed E-state index contributed by atoms with van der Waals surface area (Å²) in [6.07, 6.45) is 5.66. The van der Waals surface area contributed by atoms with Crippen LogP contribution in [0.5, 0.6) is 0 Å². The first-order chi connectivity index (χ1) is 19.8. The van der Waals surface area contributed by atoms with Gasteiger partial charge in [0.2, 0.25) is 0 Å². The molecule has 0 amide bonds. The maximum Gasteiger partial charge on any atom is 0.137 e. The molecule has 7 aromatic rings. The Hall–Kier alpha value is -4.08. The van der Waals surface area contributed by atoms with E-state index < -0.39 is 0 Å². The Morgan fingerprint density at radius 1 is 0.575 bits per heavy atom. The summed E-state index contributed by atoms with van der Waals surface area (Å²) in [5.41, 5.74) is 6.83. The van der Waals surface area contributed by atoms with Gasteiger partial charge >= 0.3 is 0 Å². The second-order valence-corrected chi connectivity index (χ2v) is 12.8. The summed E-state index contributed by atoms with van der Waals surface area (Å²) in [5.74, 6) is 2.58. The van der Waals surface area contributed by atoms with Crippen LogP contribution in [-0.2, 0) is 0 Å². The quantitative estimate of drug-likeness (QED) is 0.223. The third-order valence-electron chi connectivity index (χ3n) is 9.56. The lowest BCUT2D eigenvalue weighted by atomic mass is 9.83. The molecule has 3 atom stereocenters. The van der Waals surface area contributed by atoms with Crippen LogP contribution >= 0.6 is 11.3 Å². The van der Waals surface area contributed by atoms with E-state index in [1.807, 2.05) is 17.4 Å². The fraction of sp³-hybridized carbons (Fsp3) is 0.189. The largest absolute Gasteiger partial charge is 0.456 e. The topological polar surface area (TPSA) is 16.4 Å². The van der Waals surface area contributed by atoms with E-state index in [9.17, 15) is 0 Å². The Morgan fingerprint density at radius 2 is 1.30 bits per heavy atom. The van der Waals surface area contributed by atoms with Crippen molar-refractivity contribution < 1.29 is 4.42 Å². The van der Waals surface area contributed by atoms with Crippen molar-refractivity contribution in [2.75, 3.05) is 4.90 Å². The Labute approximate surface area is 237 Å². The minimum absolute atomic E-state index is 0.738. The second-order valence-electron chi connectivity index (χ2n) is 11.8. The first-order valence-corrected chi connectivity index (χ1v) is 15.3. The average molecular weight is 536 g/mol. The van der Waals surface area contributed by atoms with Gasteiger partial charge in [0.25, 0.3) is 0 Å². The van der Waals surface area contributed by atoms with Gasteiger partial charge in [-0.25, -0.2) is 0 Å². The van der Waals surface area contributed by atoms with Crippen LogP contribution in [0.2, 0.25) is 0 Å². The van der Waals surface area contributed by atoms with Crippen LogP contribution in [-0.4, -0.2) is 0 Å². The number of hydrogen-bond acceptors (Lipinski definition) is 3. The zero-order valence-electron chi connectivity index (χ0n) is 22.2. The molecule has 3 heteroatoms. The zero-order valence-corrected chi connectivity index (χ0v) is 23.0. The maximum absolute atomic E-state index is 6.32. The minimum Gasteiger partial charge on any atom is -0.456 e. The van der Waals surface area contributed by atoms with Crippen molar-refractivity contribution in [2.45, 2.75) is 31.6 Å². The lowest BCUT2D eigenvalue weighted by molar-refractivity contribution is 0.420. The monoisotopic (exact) mass is 535 g/mol. The van der Waals surface area contributed by atoms with Crippen LogP contribution in [0, 0.1) is 11.8 Å². The molecule has 2 aromatic heterocycles. The number of nitrogens with zero attached hydrogens (tertiary/aromatic N) is 1. The Kier molecular flexibility index (Phi) is 4.94. The molecule has 2 nitrogen and oxygen atoms in total. The molecule has 0 radical (unpaired) electrons. The molecule has 0 aliphatic heterocycles. The molecular weight excluding hydrogens is 506 g/mol. The first-order valence-electron chi connectivity index (χ1n) is 14.5.